The predicted molar refractivity (Wildman–Crippen MR) is 114 cm³/mol. The number of aliphatic carboxylic acids is 2. The highest BCUT2D eigenvalue weighted by molar-refractivity contribution is 6.27. The fourth-order valence-electron chi connectivity index (χ4n) is 2.98. The van der Waals surface area contributed by atoms with Crippen LogP contribution in [-0.4, -0.2) is 64.7 Å². The van der Waals surface area contributed by atoms with Crippen molar-refractivity contribution in [1.29, 1.82) is 0 Å². The quantitative estimate of drug-likeness (QED) is 0.757. The summed E-state index contributed by atoms with van der Waals surface area (Å²) in [7, 11) is 0. The van der Waals surface area contributed by atoms with E-state index in [0.29, 0.717) is 0 Å². The second-order valence-corrected chi connectivity index (χ2v) is 6.99. The number of nitrogens with zero attached hydrogens (tertiary/aromatic N) is 2. The molecule has 29 heavy (non-hydrogen) atoms. The third kappa shape index (κ3) is 8.72. The van der Waals surface area contributed by atoms with E-state index in [2.05, 4.69) is 83.5 Å². The largest absolute Gasteiger partial charge is 0.473 e. The van der Waals surface area contributed by atoms with Gasteiger partial charge in [0.1, 0.15) is 0 Å². The first kappa shape index (κ1) is 22.3. The van der Waals surface area contributed by atoms with Crippen LogP contribution in [0.3, 0.4) is 0 Å². The van der Waals surface area contributed by atoms with Gasteiger partial charge in [-0.25, -0.2) is 9.59 Å². The molecule has 0 unspecified atom stereocenters. The molecular formula is C23H28N2O4. The summed E-state index contributed by atoms with van der Waals surface area (Å²) in [6.07, 6.45) is 4.50. The van der Waals surface area contributed by atoms with Crippen LogP contribution in [0.2, 0.25) is 0 Å². The number of hydrogen-bond acceptors (Lipinski definition) is 4. The Bertz CT molecular complexity index is 783. The summed E-state index contributed by atoms with van der Waals surface area (Å²) in [4.78, 5) is 23.3. The number of piperazine rings is 1. The van der Waals surface area contributed by atoms with Gasteiger partial charge >= 0.3 is 11.9 Å². The van der Waals surface area contributed by atoms with Gasteiger partial charge in [0, 0.05) is 39.3 Å². The molecule has 154 valence electrons. The second kappa shape index (κ2) is 11.8. The van der Waals surface area contributed by atoms with Crippen molar-refractivity contribution in [2.24, 2.45) is 0 Å². The van der Waals surface area contributed by atoms with Crippen molar-refractivity contribution in [2.45, 2.75) is 13.5 Å². The molecule has 0 aliphatic carbocycles. The molecule has 2 aromatic rings. The van der Waals surface area contributed by atoms with Crippen molar-refractivity contribution in [3.05, 3.63) is 77.4 Å². The molecule has 6 nitrogen and oxygen atoms in total. The van der Waals surface area contributed by atoms with Crippen LogP contribution in [0.4, 0.5) is 0 Å². The molecule has 1 aliphatic heterocycles. The molecule has 0 atom stereocenters. The average molecular weight is 396 g/mol. The number of carboxylic acid groups (broad SMARTS) is 2. The fourth-order valence-corrected chi connectivity index (χ4v) is 2.98. The maximum absolute atomic E-state index is 9.10. The van der Waals surface area contributed by atoms with Crippen LogP contribution in [0.25, 0.3) is 6.08 Å². The third-order valence-electron chi connectivity index (χ3n) is 4.65. The summed E-state index contributed by atoms with van der Waals surface area (Å²) in [5.74, 6) is -3.65. The van der Waals surface area contributed by atoms with Gasteiger partial charge in [0.05, 0.1) is 0 Å². The molecule has 1 fully saturated rings. The first-order chi connectivity index (χ1) is 13.9. The summed E-state index contributed by atoms with van der Waals surface area (Å²) < 4.78 is 0. The maximum Gasteiger partial charge on any atom is 0.414 e. The Morgan fingerprint density at radius 2 is 1.41 bits per heavy atom. The zero-order chi connectivity index (χ0) is 21.1. The lowest BCUT2D eigenvalue weighted by atomic mass is 10.1. The van der Waals surface area contributed by atoms with E-state index in [4.69, 9.17) is 19.8 Å². The van der Waals surface area contributed by atoms with E-state index in [1.807, 2.05) is 0 Å². The summed E-state index contributed by atoms with van der Waals surface area (Å²) in [5, 5.41) is 14.8. The molecule has 0 amide bonds. The van der Waals surface area contributed by atoms with Crippen molar-refractivity contribution < 1.29 is 19.8 Å². The second-order valence-electron chi connectivity index (χ2n) is 6.99. The first-order valence-electron chi connectivity index (χ1n) is 9.62. The van der Waals surface area contributed by atoms with Gasteiger partial charge in [-0.1, -0.05) is 72.3 Å². The summed E-state index contributed by atoms with van der Waals surface area (Å²) in [5.41, 5.74) is 4.04. The Kier molecular flexibility index (Phi) is 9.08. The van der Waals surface area contributed by atoms with Crippen LogP contribution in [0.1, 0.15) is 16.7 Å². The van der Waals surface area contributed by atoms with Gasteiger partial charge in [-0.3, -0.25) is 9.80 Å². The average Bonchev–Trinajstić information content (AvgIpc) is 2.72. The monoisotopic (exact) mass is 396 g/mol. The molecule has 1 aliphatic rings. The topological polar surface area (TPSA) is 81.1 Å². The highest BCUT2D eigenvalue weighted by Crippen LogP contribution is 2.10. The third-order valence-corrected chi connectivity index (χ3v) is 4.65. The molecule has 1 heterocycles. The number of hydrogen-bond donors (Lipinski definition) is 2. The first-order valence-corrected chi connectivity index (χ1v) is 9.62. The molecule has 2 aromatic carbocycles. The standard InChI is InChI=1S/C21H26N2.C2H2O4/c1-19-9-11-21(12-10-19)18-23-16-14-22(15-17-23)13-5-8-20-6-3-2-4-7-20;3-1(4)2(5)6/h2-12H,13-18H2,1H3;(H,3,4)(H,5,6). The number of rotatable bonds is 5. The van der Waals surface area contributed by atoms with Gasteiger partial charge < -0.3 is 10.2 Å². The number of benzene rings is 2. The van der Waals surface area contributed by atoms with Gasteiger partial charge in [0.25, 0.3) is 0 Å². The molecule has 0 radical (unpaired) electrons. The van der Waals surface area contributed by atoms with E-state index in [-0.39, 0.29) is 0 Å². The van der Waals surface area contributed by atoms with E-state index in [0.717, 1.165) is 39.3 Å². The van der Waals surface area contributed by atoms with Crippen LogP contribution in [-0.2, 0) is 16.1 Å². The van der Waals surface area contributed by atoms with Crippen molar-refractivity contribution in [2.75, 3.05) is 32.7 Å². The zero-order valence-electron chi connectivity index (χ0n) is 16.7. The summed E-state index contributed by atoms with van der Waals surface area (Å²) in [6.45, 7) is 8.91. The maximum atomic E-state index is 9.10. The normalized spacial score (nSPS) is 14.9. The van der Waals surface area contributed by atoms with Gasteiger partial charge in [-0.15, -0.1) is 0 Å². The molecule has 3 rings (SSSR count). The SMILES string of the molecule is Cc1ccc(CN2CCN(CC=Cc3ccccc3)CC2)cc1.O=C(O)C(=O)O. The highest BCUT2D eigenvalue weighted by Gasteiger charge is 2.15. The van der Waals surface area contributed by atoms with E-state index in [9.17, 15) is 0 Å². The number of carbonyl (C=O) groups is 2. The minimum Gasteiger partial charge on any atom is -0.473 e. The molecule has 2 N–H and O–H groups in total. The van der Waals surface area contributed by atoms with Crippen LogP contribution in [0.5, 0.6) is 0 Å². The van der Waals surface area contributed by atoms with E-state index in [1.165, 1.54) is 16.7 Å². The molecule has 0 spiro atoms. The van der Waals surface area contributed by atoms with E-state index < -0.39 is 11.9 Å². The van der Waals surface area contributed by atoms with Crippen LogP contribution in [0, 0.1) is 6.92 Å². The van der Waals surface area contributed by atoms with Gasteiger partial charge in [-0.05, 0) is 18.1 Å². The Balaban J connectivity index is 0.000000438. The number of carboxylic acids is 2. The smallest absolute Gasteiger partial charge is 0.414 e. The summed E-state index contributed by atoms with van der Waals surface area (Å²) in [6, 6.07) is 19.5. The Labute approximate surface area is 171 Å². The number of aryl methyl sites for hydroxylation is 1. The van der Waals surface area contributed by atoms with Crippen molar-refractivity contribution >= 4 is 18.0 Å². The lowest BCUT2D eigenvalue weighted by Crippen LogP contribution is -2.45. The van der Waals surface area contributed by atoms with Gasteiger partial charge in [-0.2, -0.15) is 0 Å². The predicted octanol–water partition coefficient (Wildman–Crippen LogP) is 2.98. The highest BCUT2D eigenvalue weighted by atomic mass is 16.4. The minimum atomic E-state index is -1.82. The molecule has 0 aromatic heterocycles. The van der Waals surface area contributed by atoms with Crippen molar-refractivity contribution in [3.63, 3.8) is 0 Å². The molecular weight excluding hydrogens is 368 g/mol. The van der Waals surface area contributed by atoms with Crippen LogP contribution in [0.15, 0.2) is 60.7 Å². The van der Waals surface area contributed by atoms with Crippen LogP contribution < -0.4 is 0 Å². The Hall–Kier alpha value is -2.96. The van der Waals surface area contributed by atoms with Gasteiger partial charge in [0.15, 0.2) is 0 Å². The van der Waals surface area contributed by atoms with Crippen LogP contribution >= 0.6 is 0 Å². The Morgan fingerprint density at radius 1 is 0.862 bits per heavy atom. The molecule has 0 saturated carbocycles. The van der Waals surface area contributed by atoms with E-state index in [1.54, 1.807) is 0 Å². The zero-order valence-corrected chi connectivity index (χ0v) is 16.7. The summed E-state index contributed by atoms with van der Waals surface area (Å²) >= 11 is 0. The fraction of sp³-hybridized carbons (Fsp3) is 0.304. The minimum absolute atomic E-state index is 1.05. The lowest BCUT2D eigenvalue weighted by molar-refractivity contribution is -0.159. The van der Waals surface area contributed by atoms with Gasteiger partial charge in [0.2, 0.25) is 0 Å². The molecule has 1 saturated heterocycles. The lowest BCUT2D eigenvalue weighted by Gasteiger charge is -2.34. The molecule has 6 heteroatoms. The van der Waals surface area contributed by atoms with Crippen molar-refractivity contribution in [1.82, 2.24) is 9.80 Å². The van der Waals surface area contributed by atoms with E-state index >= 15 is 0 Å². The Morgan fingerprint density at radius 3 is 1.97 bits per heavy atom. The van der Waals surface area contributed by atoms with Crippen molar-refractivity contribution in [3.8, 4) is 0 Å². The molecule has 0 bridgehead atoms.